The zero-order chi connectivity index (χ0) is 8.97. The molecular formula is C10H15NS. The first-order valence-corrected chi connectivity index (χ1v) is 5.44. The van der Waals surface area contributed by atoms with Crippen molar-refractivity contribution in [2.75, 3.05) is 12.0 Å². The van der Waals surface area contributed by atoms with Gasteiger partial charge in [0, 0.05) is 11.8 Å². The molecule has 1 aromatic carbocycles. The predicted molar refractivity (Wildman–Crippen MR) is 56.5 cm³/mol. The summed E-state index contributed by atoms with van der Waals surface area (Å²) in [5.41, 5.74) is 8.45. The molecule has 0 aliphatic carbocycles. The maximum absolute atomic E-state index is 5.93. The fourth-order valence-corrected chi connectivity index (χ4v) is 1.64. The minimum absolute atomic E-state index is 0.181. The Balaban J connectivity index is 2.68. The van der Waals surface area contributed by atoms with Gasteiger partial charge in [-0.15, -0.1) is 0 Å². The third-order valence-electron chi connectivity index (χ3n) is 1.85. The molecule has 2 heteroatoms. The molecule has 0 bridgehead atoms. The number of hydrogen-bond donors (Lipinski definition) is 1. The highest BCUT2D eigenvalue weighted by Gasteiger charge is 2.02. The van der Waals surface area contributed by atoms with Crippen LogP contribution in [0.4, 0.5) is 0 Å². The highest BCUT2D eigenvalue weighted by molar-refractivity contribution is 7.98. The first-order chi connectivity index (χ1) is 5.74. The zero-order valence-electron chi connectivity index (χ0n) is 7.58. The van der Waals surface area contributed by atoms with Gasteiger partial charge < -0.3 is 5.73 Å². The highest BCUT2D eigenvalue weighted by atomic mass is 32.2. The molecule has 66 valence electrons. The third kappa shape index (κ3) is 2.54. The predicted octanol–water partition coefficient (Wildman–Crippen LogP) is 2.36. The van der Waals surface area contributed by atoms with Crippen LogP contribution in [-0.4, -0.2) is 12.0 Å². The van der Waals surface area contributed by atoms with E-state index in [-0.39, 0.29) is 6.04 Å². The van der Waals surface area contributed by atoms with Gasteiger partial charge in [-0.3, -0.25) is 0 Å². The van der Waals surface area contributed by atoms with Crippen LogP contribution in [-0.2, 0) is 0 Å². The molecule has 0 saturated heterocycles. The van der Waals surface area contributed by atoms with Crippen molar-refractivity contribution in [3.8, 4) is 0 Å². The van der Waals surface area contributed by atoms with E-state index in [0.717, 1.165) is 5.75 Å². The lowest BCUT2D eigenvalue weighted by Crippen LogP contribution is -2.12. The van der Waals surface area contributed by atoms with Crippen LogP contribution in [0.2, 0.25) is 0 Å². The topological polar surface area (TPSA) is 26.0 Å². The number of thioether (sulfide) groups is 1. The molecule has 1 rings (SSSR count). The van der Waals surface area contributed by atoms with Crippen molar-refractivity contribution >= 4 is 11.8 Å². The Morgan fingerprint density at radius 3 is 2.42 bits per heavy atom. The molecular weight excluding hydrogens is 166 g/mol. The van der Waals surface area contributed by atoms with Gasteiger partial charge in [0.25, 0.3) is 0 Å². The third-order valence-corrected chi connectivity index (χ3v) is 2.54. The standard InChI is InChI=1S/C10H15NS/c1-8-3-5-9(6-4-8)10(11)7-12-2/h3-6,10H,7,11H2,1-2H3. The second-order valence-corrected chi connectivity index (χ2v) is 3.88. The molecule has 2 N–H and O–H groups in total. The fourth-order valence-electron chi connectivity index (χ4n) is 1.09. The molecule has 0 heterocycles. The van der Waals surface area contributed by atoms with Crippen LogP contribution in [0.5, 0.6) is 0 Å². The largest absolute Gasteiger partial charge is 0.323 e. The molecule has 12 heavy (non-hydrogen) atoms. The number of hydrogen-bond acceptors (Lipinski definition) is 2. The summed E-state index contributed by atoms with van der Waals surface area (Å²) < 4.78 is 0. The van der Waals surface area contributed by atoms with Crippen molar-refractivity contribution in [3.05, 3.63) is 35.4 Å². The van der Waals surface area contributed by atoms with Crippen molar-refractivity contribution in [3.63, 3.8) is 0 Å². The molecule has 0 saturated carbocycles. The summed E-state index contributed by atoms with van der Waals surface area (Å²) in [4.78, 5) is 0. The van der Waals surface area contributed by atoms with E-state index in [2.05, 4.69) is 37.4 Å². The van der Waals surface area contributed by atoms with Crippen molar-refractivity contribution in [2.24, 2.45) is 5.73 Å². The van der Waals surface area contributed by atoms with E-state index in [9.17, 15) is 0 Å². The fraction of sp³-hybridized carbons (Fsp3) is 0.400. The smallest absolute Gasteiger partial charge is 0.0386 e. The zero-order valence-corrected chi connectivity index (χ0v) is 8.40. The summed E-state index contributed by atoms with van der Waals surface area (Å²) in [7, 11) is 0. The molecule has 1 atom stereocenters. The Kier molecular flexibility index (Phi) is 3.63. The number of aryl methyl sites for hydroxylation is 1. The van der Waals surface area contributed by atoms with E-state index in [1.54, 1.807) is 11.8 Å². The van der Waals surface area contributed by atoms with Gasteiger partial charge in [-0.05, 0) is 18.7 Å². The van der Waals surface area contributed by atoms with Crippen LogP contribution in [0.1, 0.15) is 17.2 Å². The van der Waals surface area contributed by atoms with E-state index in [4.69, 9.17) is 5.73 Å². The van der Waals surface area contributed by atoms with Gasteiger partial charge >= 0.3 is 0 Å². The van der Waals surface area contributed by atoms with Crippen LogP contribution < -0.4 is 5.73 Å². The van der Waals surface area contributed by atoms with Gasteiger partial charge in [0.2, 0.25) is 0 Å². The first-order valence-electron chi connectivity index (χ1n) is 4.05. The van der Waals surface area contributed by atoms with Crippen LogP contribution in [0, 0.1) is 6.92 Å². The van der Waals surface area contributed by atoms with E-state index in [1.807, 2.05) is 0 Å². The molecule has 0 aliphatic heterocycles. The maximum Gasteiger partial charge on any atom is 0.0386 e. The van der Waals surface area contributed by atoms with Crippen LogP contribution >= 0.6 is 11.8 Å². The summed E-state index contributed by atoms with van der Waals surface area (Å²) in [5, 5.41) is 0. The van der Waals surface area contributed by atoms with Crippen molar-refractivity contribution in [1.82, 2.24) is 0 Å². The molecule has 1 nitrogen and oxygen atoms in total. The SMILES string of the molecule is CSCC(N)c1ccc(C)cc1. The monoisotopic (exact) mass is 181 g/mol. The molecule has 0 aliphatic rings. The second kappa shape index (κ2) is 4.53. The maximum atomic E-state index is 5.93. The van der Waals surface area contributed by atoms with Crippen LogP contribution in [0.25, 0.3) is 0 Å². The minimum Gasteiger partial charge on any atom is -0.323 e. The van der Waals surface area contributed by atoms with E-state index in [1.165, 1.54) is 11.1 Å². The summed E-state index contributed by atoms with van der Waals surface area (Å²) in [6, 6.07) is 8.61. The average molecular weight is 181 g/mol. The normalized spacial score (nSPS) is 12.9. The summed E-state index contributed by atoms with van der Waals surface area (Å²) in [6.45, 7) is 2.09. The Morgan fingerprint density at radius 1 is 1.33 bits per heavy atom. The van der Waals surface area contributed by atoms with E-state index < -0.39 is 0 Å². The first kappa shape index (κ1) is 9.62. The Labute approximate surface area is 78.4 Å². The van der Waals surface area contributed by atoms with Crippen LogP contribution in [0.3, 0.4) is 0 Å². The van der Waals surface area contributed by atoms with Gasteiger partial charge in [0.1, 0.15) is 0 Å². The van der Waals surface area contributed by atoms with Gasteiger partial charge in [-0.25, -0.2) is 0 Å². The Bertz CT molecular complexity index is 230. The molecule has 0 fully saturated rings. The molecule has 1 unspecified atom stereocenters. The van der Waals surface area contributed by atoms with Gasteiger partial charge in [-0.2, -0.15) is 11.8 Å². The average Bonchev–Trinajstić information content (AvgIpc) is 2.06. The van der Waals surface area contributed by atoms with Crippen molar-refractivity contribution in [1.29, 1.82) is 0 Å². The molecule has 0 amide bonds. The Morgan fingerprint density at radius 2 is 1.92 bits per heavy atom. The summed E-state index contributed by atoms with van der Waals surface area (Å²) in [6.07, 6.45) is 2.08. The lowest BCUT2D eigenvalue weighted by atomic mass is 10.1. The molecule has 0 aromatic heterocycles. The molecule has 0 radical (unpaired) electrons. The quantitative estimate of drug-likeness (QED) is 0.774. The summed E-state index contributed by atoms with van der Waals surface area (Å²) >= 11 is 1.78. The van der Waals surface area contributed by atoms with Crippen molar-refractivity contribution in [2.45, 2.75) is 13.0 Å². The second-order valence-electron chi connectivity index (χ2n) is 2.97. The molecule has 1 aromatic rings. The number of nitrogens with two attached hydrogens (primary N) is 1. The lowest BCUT2D eigenvalue weighted by molar-refractivity contribution is 0.832. The summed E-state index contributed by atoms with van der Waals surface area (Å²) in [5.74, 6) is 0.989. The minimum atomic E-state index is 0.181. The molecule has 0 spiro atoms. The van der Waals surface area contributed by atoms with Crippen LogP contribution in [0.15, 0.2) is 24.3 Å². The van der Waals surface area contributed by atoms with Gasteiger partial charge in [0.05, 0.1) is 0 Å². The van der Waals surface area contributed by atoms with Crippen molar-refractivity contribution < 1.29 is 0 Å². The van der Waals surface area contributed by atoms with Gasteiger partial charge in [0.15, 0.2) is 0 Å². The lowest BCUT2D eigenvalue weighted by Gasteiger charge is -2.09. The highest BCUT2D eigenvalue weighted by Crippen LogP contribution is 2.14. The number of rotatable bonds is 3. The van der Waals surface area contributed by atoms with Gasteiger partial charge in [-0.1, -0.05) is 29.8 Å². The Hall–Kier alpha value is -0.470. The van der Waals surface area contributed by atoms with E-state index >= 15 is 0 Å². The van der Waals surface area contributed by atoms with E-state index in [0.29, 0.717) is 0 Å². The number of benzene rings is 1.